The number of hydrogen-bond donors (Lipinski definition) is 1. The molecule has 0 fully saturated rings. The number of carbonyl (C=O) groups is 1. The average Bonchev–Trinajstić information content (AvgIpc) is 3.15. The van der Waals surface area contributed by atoms with E-state index < -0.39 is 5.60 Å². The molecule has 0 radical (unpaired) electrons. The first kappa shape index (κ1) is 16.2. The van der Waals surface area contributed by atoms with Gasteiger partial charge in [-0.15, -0.1) is 0 Å². The number of aromatic nitrogens is 2. The largest absolute Gasteiger partial charge is 0.379 e. The Morgan fingerprint density at radius 3 is 2.83 bits per heavy atom. The number of nitrogens with one attached hydrogen (secondary N) is 1. The van der Waals surface area contributed by atoms with Gasteiger partial charge in [0.15, 0.2) is 5.82 Å². The monoisotopic (exact) mass is 328 g/mol. The molecular formula is C17H20N4O3. The zero-order valence-electron chi connectivity index (χ0n) is 13.8. The lowest BCUT2D eigenvalue weighted by atomic mass is 9.99. The van der Waals surface area contributed by atoms with E-state index in [2.05, 4.69) is 20.6 Å². The molecule has 126 valence electrons. The fourth-order valence-corrected chi connectivity index (χ4v) is 2.57. The Labute approximate surface area is 140 Å². The highest BCUT2D eigenvalue weighted by Gasteiger charge is 2.40. The molecule has 2 aromatic rings. The predicted molar refractivity (Wildman–Crippen MR) is 87.5 cm³/mol. The molecule has 0 bridgehead atoms. The summed E-state index contributed by atoms with van der Waals surface area (Å²) >= 11 is 0. The Hall–Kier alpha value is -2.70. The van der Waals surface area contributed by atoms with Crippen LogP contribution in [0.5, 0.6) is 0 Å². The Morgan fingerprint density at radius 2 is 2.12 bits per heavy atom. The van der Waals surface area contributed by atoms with E-state index in [1.54, 1.807) is 6.92 Å². The second-order valence-electron chi connectivity index (χ2n) is 6.10. The number of rotatable bonds is 6. The molecule has 1 aromatic heterocycles. The Balaban J connectivity index is 1.47. The van der Waals surface area contributed by atoms with Gasteiger partial charge in [-0.25, -0.2) is 0 Å². The van der Waals surface area contributed by atoms with E-state index in [-0.39, 0.29) is 5.91 Å². The van der Waals surface area contributed by atoms with Crippen molar-refractivity contribution < 1.29 is 14.2 Å². The summed E-state index contributed by atoms with van der Waals surface area (Å²) in [7, 11) is 0. The molecule has 24 heavy (non-hydrogen) atoms. The minimum Gasteiger partial charge on any atom is -0.379 e. The summed E-state index contributed by atoms with van der Waals surface area (Å²) in [5, 5.41) is 10.6. The van der Waals surface area contributed by atoms with Crippen molar-refractivity contribution in [1.82, 2.24) is 15.5 Å². The van der Waals surface area contributed by atoms with E-state index in [1.165, 1.54) is 0 Å². The average molecular weight is 328 g/mol. The summed E-state index contributed by atoms with van der Waals surface area (Å²) in [6, 6.07) is 9.95. The maximum atomic E-state index is 12.2. The van der Waals surface area contributed by atoms with Crippen LogP contribution in [0.4, 0.5) is 0 Å². The third kappa shape index (κ3) is 3.79. The van der Waals surface area contributed by atoms with Crippen LogP contribution in [-0.2, 0) is 22.5 Å². The minimum atomic E-state index is -0.919. The molecule has 0 spiro atoms. The predicted octanol–water partition coefficient (Wildman–Crippen LogP) is 1.87. The molecule has 1 aromatic carbocycles. The van der Waals surface area contributed by atoms with Crippen molar-refractivity contribution in [2.45, 2.75) is 38.7 Å². The van der Waals surface area contributed by atoms with Gasteiger partial charge in [-0.2, -0.15) is 4.98 Å². The molecule has 1 aliphatic rings. The molecule has 1 N–H and O–H groups in total. The molecule has 1 atom stereocenters. The first-order valence-corrected chi connectivity index (χ1v) is 7.90. The van der Waals surface area contributed by atoms with Gasteiger partial charge in [-0.1, -0.05) is 40.6 Å². The highest BCUT2D eigenvalue weighted by Crippen LogP contribution is 2.23. The van der Waals surface area contributed by atoms with Gasteiger partial charge in [0.05, 0.1) is 5.71 Å². The summed E-state index contributed by atoms with van der Waals surface area (Å²) in [6.45, 7) is 3.97. The van der Waals surface area contributed by atoms with Crippen molar-refractivity contribution >= 4 is 11.6 Å². The number of amides is 1. The van der Waals surface area contributed by atoms with Crippen LogP contribution in [0.25, 0.3) is 0 Å². The fourth-order valence-electron chi connectivity index (χ4n) is 2.57. The van der Waals surface area contributed by atoms with Gasteiger partial charge < -0.3 is 14.7 Å². The molecule has 7 nitrogen and oxygen atoms in total. The summed E-state index contributed by atoms with van der Waals surface area (Å²) < 4.78 is 5.22. The summed E-state index contributed by atoms with van der Waals surface area (Å²) in [5.74, 6) is 0.955. The summed E-state index contributed by atoms with van der Waals surface area (Å²) in [4.78, 5) is 21.7. The van der Waals surface area contributed by atoms with Gasteiger partial charge in [-0.3, -0.25) is 4.79 Å². The normalized spacial score (nSPS) is 19.7. The lowest BCUT2D eigenvalue weighted by Gasteiger charge is -2.19. The minimum absolute atomic E-state index is 0.188. The van der Waals surface area contributed by atoms with Gasteiger partial charge in [0.25, 0.3) is 5.91 Å². The van der Waals surface area contributed by atoms with Gasteiger partial charge >= 0.3 is 0 Å². The number of oxime groups is 1. The second kappa shape index (κ2) is 6.82. The van der Waals surface area contributed by atoms with Crippen molar-refractivity contribution in [3.8, 4) is 0 Å². The molecule has 3 rings (SSSR count). The molecule has 2 heterocycles. The molecule has 1 aliphatic heterocycles. The standard InChI is InChI=1S/C17H20N4O3/c1-12-11-17(2,24-20-12)16(22)18-9-8-15-19-14(21-23-15)10-13-6-4-3-5-7-13/h3-7H,8-11H2,1-2H3,(H,18,22). The van der Waals surface area contributed by atoms with E-state index in [0.717, 1.165) is 11.3 Å². The highest BCUT2D eigenvalue weighted by atomic mass is 16.7. The van der Waals surface area contributed by atoms with Crippen molar-refractivity contribution in [3.05, 3.63) is 47.6 Å². The first-order chi connectivity index (χ1) is 11.5. The Kier molecular flexibility index (Phi) is 4.59. The molecule has 1 unspecified atom stereocenters. The van der Waals surface area contributed by atoms with Crippen LogP contribution < -0.4 is 5.32 Å². The maximum absolute atomic E-state index is 12.2. The number of nitrogens with zero attached hydrogens (tertiary/aromatic N) is 3. The van der Waals surface area contributed by atoms with E-state index in [0.29, 0.717) is 37.5 Å². The van der Waals surface area contributed by atoms with Gasteiger partial charge in [0, 0.05) is 25.8 Å². The smallest absolute Gasteiger partial charge is 0.267 e. The molecule has 0 aliphatic carbocycles. The quantitative estimate of drug-likeness (QED) is 0.874. The number of benzene rings is 1. The Bertz CT molecular complexity index is 741. The topological polar surface area (TPSA) is 89.6 Å². The fraction of sp³-hybridized carbons (Fsp3) is 0.412. The van der Waals surface area contributed by atoms with Crippen LogP contribution in [0, 0.1) is 0 Å². The third-order valence-corrected chi connectivity index (χ3v) is 3.82. The highest BCUT2D eigenvalue weighted by molar-refractivity contribution is 5.94. The van der Waals surface area contributed by atoms with Crippen molar-refractivity contribution in [2.24, 2.45) is 5.16 Å². The van der Waals surface area contributed by atoms with Crippen molar-refractivity contribution in [2.75, 3.05) is 6.54 Å². The lowest BCUT2D eigenvalue weighted by molar-refractivity contribution is -0.141. The lowest BCUT2D eigenvalue weighted by Crippen LogP contribution is -2.45. The first-order valence-electron chi connectivity index (χ1n) is 7.90. The number of hydrogen-bond acceptors (Lipinski definition) is 6. The molecule has 0 saturated carbocycles. The van der Waals surface area contributed by atoms with E-state index in [1.807, 2.05) is 37.3 Å². The van der Waals surface area contributed by atoms with Crippen LogP contribution in [0.2, 0.25) is 0 Å². The SMILES string of the molecule is CC1=NOC(C)(C(=O)NCCc2nc(Cc3ccccc3)no2)C1. The van der Waals surface area contributed by atoms with Crippen LogP contribution in [0.3, 0.4) is 0 Å². The van der Waals surface area contributed by atoms with Crippen LogP contribution in [0.15, 0.2) is 40.0 Å². The van der Waals surface area contributed by atoms with Gasteiger partial charge in [-0.05, 0) is 19.4 Å². The van der Waals surface area contributed by atoms with Gasteiger partial charge in [0.2, 0.25) is 11.5 Å². The van der Waals surface area contributed by atoms with Crippen LogP contribution in [-0.4, -0.2) is 33.9 Å². The van der Waals surface area contributed by atoms with Crippen molar-refractivity contribution in [3.63, 3.8) is 0 Å². The molecule has 1 amide bonds. The van der Waals surface area contributed by atoms with Crippen LogP contribution >= 0.6 is 0 Å². The van der Waals surface area contributed by atoms with E-state index >= 15 is 0 Å². The zero-order chi connectivity index (χ0) is 17.0. The summed E-state index contributed by atoms with van der Waals surface area (Å²) in [5.41, 5.74) is 1.02. The van der Waals surface area contributed by atoms with Gasteiger partial charge in [0.1, 0.15) is 0 Å². The zero-order valence-corrected chi connectivity index (χ0v) is 13.8. The Morgan fingerprint density at radius 1 is 1.33 bits per heavy atom. The maximum Gasteiger partial charge on any atom is 0.267 e. The second-order valence-corrected chi connectivity index (χ2v) is 6.10. The van der Waals surface area contributed by atoms with Crippen LogP contribution in [0.1, 0.15) is 37.5 Å². The number of carbonyl (C=O) groups excluding carboxylic acids is 1. The van der Waals surface area contributed by atoms with Crippen molar-refractivity contribution in [1.29, 1.82) is 0 Å². The molecular weight excluding hydrogens is 308 g/mol. The summed E-state index contributed by atoms with van der Waals surface area (Å²) in [6.07, 6.45) is 1.60. The molecule has 0 saturated heterocycles. The third-order valence-electron chi connectivity index (χ3n) is 3.82. The van der Waals surface area contributed by atoms with E-state index in [4.69, 9.17) is 9.36 Å². The molecule has 7 heteroatoms. The van der Waals surface area contributed by atoms with E-state index in [9.17, 15) is 4.79 Å².